The molecule has 6 heteroatoms. The van der Waals surface area contributed by atoms with Crippen LogP contribution in [0.5, 0.6) is 5.75 Å². The molecule has 0 radical (unpaired) electrons. The van der Waals surface area contributed by atoms with Gasteiger partial charge in [-0.3, -0.25) is 4.79 Å². The lowest BCUT2D eigenvalue weighted by atomic mass is 10.2. The monoisotopic (exact) mass is 204 g/mol. The molecule has 1 aliphatic heterocycles. The van der Waals surface area contributed by atoms with Crippen molar-refractivity contribution in [3.8, 4) is 5.75 Å². The minimum atomic E-state index is -0.497. The number of nitrogens with one attached hydrogen (secondary N) is 1. The first-order chi connectivity index (χ1) is 7.20. The van der Waals surface area contributed by atoms with E-state index < -0.39 is 6.10 Å². The number of amides is 1. The van der Waals surface area contributed by atoms with E-state index in [4.69, 9.17) is 10.3 Å². The first-order valence-corrected chi connectivity index (χ1v) is 4.37. The van der Waals surface area contributed by atoms with E-state index in [0.717, 1.165) is 0 Å². The van der Waals surface area contributed by atoms with Crippen molar-refractivity contribution in [2.24, 2.45) is 5.11 Å². The SMILES string of the molecule is CC1Oc2ccc(N=[N+]=[N-])cc2NC1=O. The van der Waals surface area contributed by atoms with E-state index >= 15 is 0 Å². The third kappa shape index (κ3) is 1.70. The van der Waals surface area contributed by atoms with Crippen LogP contribution in [0.4, 0.5) is 11.4 Å². The van der Waals surface area contributed by atoms with Gasteiger partial charge in [-0.25, -0.2) is 0 Å². The summed E-state index contributed by atoms with van der Waals surface area (Å²) in [4.78, 5) is 13.9. The van der Waals surface area contributed by atoms with Crippen molar-refractivity contribution < 1.29 is 9.53 Å². The molecule has 0 saturated heterocycles. The van der Waals surface area contributed by atoms with Gasteiger partial charge in [0.15, 0.2) is 6.10 Å². The average molecular weight is 204 g/mol. The van der Waals surface area contributed by atoms with Crippen LogP contribution in [-0.4, -0.2) is 12.0 Å². The maximum absolute atomic E-state index is 11.3. The second-order valence-corrected chi connectivity index (χ2v) is 3.12. The molecule has 6 nitrogen and oxygen atoms in total. The van der Waals surface area contributed by atoms with E-state index in [-0.39, 0.29) is 5.91 Å². The molecule has 1 amide bonds. The van der Waals surface area contributed by atoms with E-state index in [1.54, 1.807) is 25.1 Å². The number of ether oxygens (including phenoxy) is 1. The van der Waals surface area contributed by atoms with Gasteiger partial charge in [-0.05, 0) is 30.7 Å². The minimum Gasteiger partial charge on any atom is -0.479 e. The molecule has 0 fully saturated rings. The molecule has 1 unspecified atom stereocenters. The number of nitrogens with zero attached hydrogens (tertiary/aromatic N) is 3. The van der Waals surface area contributed by atoms with Crippen LogP contribution < -0.4 is 10.1 Å². The Hall–Kier alpha value is -2.20. The Morgan fingerprint density at radius 3 is 3.13 bits per heavy atom. The normalized spacial score (nSPS) is 18.2. The van der Waals surface area contributed by atoms with Gasteiger partial charge in [-0.1, -0.05) is 5.11 Å². The summed E-state index contributed by atoms with van der Waals surface area (Å²) in [5.74, 6) is 0.375. The molecule has 15 heavy (non-hydrogen) atoms. The lowest BCUT2D eigenvalue weighted by Crippen LogP contribution is -2.34. The highest BCUT2D eigenvalue weighted by Gasteiger charge is 2.23. The molecule has 1 aromatic carbocycles. The number of anilines is 1. The zero-order chi connectivity index (χ0) is 10.8. The summed E-state index contributed by atoms with van der Waals surface area (Å²) in [6, 6.07) is 4.86. The molecule has 0 aromatic heterocycles. The fraction of sp³-hybridized carbons (Fsp3) is 0.222. The van der Waals surface area contributed by atoms with Crippen LogP contribution in [0.3, 0.4) is 0 Å². The number of carbonyl (C=O) groups is 1. The number of hydrogen-bond donors (Lipinski definition) is 1. The van der Waals surface area contributed by atoms with Crippen LogP contribution in [0.2, 0.25) is 0 Å². The van der Waals surface area contributed by atoms with Crippen molar-refractivity contribution >= 4 is 17.3 Å². The Morgan fingerprint density at radius 1 is 1.60 bits per heavy atom. The van der Waals surface area contributed by atoms with E-state index in [1.807, 2.05) is 0 Å². The second kappa shape index (κ2) is 3.51. The van der Waals surface area contributed by atoms with Gasteiger partial charge < -0.3 is 10.1 Å². The summed E-state index contributed by atoms with van der Waals surface area (Å²) in [6.45, 7) is 1.67. The summed E-state index contributed by atoms with van der Waals surface area (Å²) in [5.41, 5.74) is 9.23. The Kier molecular flexibility index (Phi) is 2.19. The van der Waals surface area contributed by atoms with Crippen molar-refractivity contribution in [2.45, 2.75) is 13.0 Å². The number of carbonyl (C=O) groups excluding carboxylic acids is 1. The van der Waals surface area contributed by atoms with Crippen LogP contribution >= 0.6 is 0 Å². The molecule has 1 aliphatic rings. The van der Waals surface area contributed by atoms with Crippen molar-refractivity contribution in [2.75, 3.05) is 5.32 Å². The first-order valence-electron chi connectivity index (χ1n) is 4.37. The molecule has 0 saturated carbocycles. The number of rotatable bonds is 1. The van der Waals surface area contributed by atoms with Crippen LogP contribution in [0, 0.1) is 0 Å². The number of benzene rings is 1. The molecule has 0 bridgehead atoms. The fourth-order valence-corrected chi connectivity index (χ4v) is 1.31. The van der Waals surface area contributed by atoms with Gasteiger partial charge in [0.2, 0.25) is 0 Å². The van der Waals surface area contributed by atoms with Gasteiger partial charge >= 0.3 is 0 Å². The zero-order valence-electron chi connectivity index (χ0n) is 7.97. The van der Waals surface area contributed by atoms with Gasteiger partial charge in [0.1, 0.15) is 5.75 Å². The van der Waals surface area contributed by atoms with Crippen LogP contribution in [0.1, 0.15) is 6.92 Å². The van der Waals surface area contributed by atoms with Gasteiger partial charge in [-0.2, -0.15) is 0 Å². The summed E-state index contributed by atoms with van der Waals surface area (Å²) < 4.78 is 5.33. The molecular formula is C9H8N4O2. The lowest BCUT2D eigenvalue weighted by Gasteiger charge is -2.23. The highest BCUT2D eigenvalue weighted by molar-refractivity contribution is 5.97. The Labute approximate surface area is 85.5 Å². The van der Waals surface area contributed by atoms with Gasteiger partial charge in [-0.15, -0.1) is 0 Å². The largest absolute Gasteiger partial charge is 0.479 e. The predicted molar refractivity (Wildman–Crippen MR) is 54.0 cm³/mol. The van der Waals surface area contributed by atoms with E-state index in [9.17, 15) is 4.79 Å². The fourth-order valence-electron chi connectivity index (χ4n) is 1.31. The third-order valence-electron chi connectivity index (χ3n) is 2.05. The smallest absolute Gasteiger partial charge is 0.265 e. The van der Waals surface area contributed by atoms with Gasteiger partial charge in [0.05, 0.1) is 5.69 Å². The maximum atomic E-state index is 11.3. The van der Waals surface area contributed by atoms with E-state index in [0.29, 0.717) is 17.1 Å². The Bertz CT molecular complexity index is 465. The van der Waals surface area contributed by atoms with Gasteiger partial charge in [0, 0.05) is 10.6 Å². The molecule has 1 atom stereocenters. The summed E-state index contributed by atoms with van der Waals surface area (Å²) >= 11 is 0. The number of azide groups is 1. The van der Waals surface area contributed by atoms with Crippen LogP contribution in [-0.2, 0) is 4.79 Å². The summed E-state index contributed by atoms with van der Waals surface area (Å²) in [6.07, 6.45) is -0.497. The van der Waals surface area contributed by atoms with Crippen LogP contribution in [0.25, 0.3) is 10.4 Å². The Morgan fingerprint density at radius 2 is 2.40 bits per heavy atom. The summed E-state index contributed by atoms with van der Waals surface area (Å²) in [5, 5.41) is 6.09. The van der Waals surface area contributed by atoms with E-state index in [2.05, 4.69) is 15.3 Å². The highest BCUT2D eigenvalue weighted by Crippen LogP contribution is 2.32. The van der Waals surface area contributed by atoms with Gasteiger partial charge in [0.25, 0.3) is 5.91 Å². The van der Waals surface area contributed by atoms with Crippen molar-refractivity contribution in [3.05, 3.63) is 28.6 Å². The molecule has 0 aliphatic carbocycles. The predicted octanol–water partition coefficient (Wildman–Crippen LogP) is 2.35. The number of hydrogen-bond acceptors (Lipinski definition) is 3. The molecule has 76 valence electrons. The van der Waals surface area contributed by atoms with Crippen molar-refractivity contribution in [1.82, 2.24) is 0 Å². The average Bonchev–Trinajstić information content (AvgIpc) is 2.21. The Balaban J connectivity index is 2.41. The molecule has 1 heterocycles. The third-order valence-corrected chi connectivity index (χ3v) is 2.05. The summed E-state index contributed by atoms with van der Waals surface area (Å²) in [7, 11) is 0. The highest BCUT2D eigenvalue weighted by atomic mass is 16.5. The molecule has 0 spiro atoms. The standard InChI is InChI=1S/C9H8N4O2/c1-5-9(14)11-7-4-6(12-13-10)2-3-8(7)15-5/h2-5H,1H3,(H,11,14). The molecular weight excluding hydrogens is 196 g/mol. The molecule has 2 rings (SSSR count). The maximum Gasteiger partial charge on any atom is 0.265 e. The second-order valence-electron chi connectivity index (χ2n) is 3.12. The lowest BCUT2D eigenvalue weighted by molar-refractivity contribution is -0.122. The minimum absolute atomic E-state index is 0.208. The quantitative estimate of drug-likeness (QED) is 0.432. The van der Waals surface area contributed by atoms with Crippen molar-refractivity contribution in [3.63, 3.8) is 0 Å². The van der Waals surface area contributed by atoms with Crippen LogP contribution in [0.15, 0.2) is 23.3 Å². The molecule has 1 aromatic rings. The van der Waals surface area contributed by atoms with Crippen molar-refractivity contribution in [1.29, 1.82) is 0 Å². The zero-order valence-corrected chi connectivity index (χ0v) is 7.97. The van der Waals surface area contributed by atoms with E-state index in [1.165, 1.54) is 0 Å². The topological polar surface area (TPSA) is 87.1 Å². The first kappa shape index (κ1) is 9.36. The number of fused-ring (bicyclic) bond motifs is 1. The molecule has 1 N–H and O–H groups in total.